The van der Waals surface area contributed by atoms with E-state index in [0.29, 0.717) is 16.7 Å². The van der Waals surface area contributed by atoms with Crippen LogP contribution in [0.5, 0.6) is 11.5 Å². The number of halogens is 1. The van der Waals surface area contributed by atoms with Gasteiger partial charge in [0, 0.05) is 4.47 Å². The van der Waals surface area contributed by atoms with Gasteiger partial charge in [-0.2, -0.15) is 0 Å². The topological polar surface area (TPSA) is 35.2 Å². The van der Waals surface area contributed by atoms with Gasteiger partial charge in [-0.3, -0.25) is 0 Å². The van der Waals surface area contributed by atoms with Crippen LogP contribution in [0.25, 0.3) is 0 Å². The van der Waals surface area contributed by atoms with Crippen LogP contribution in [-0.4, -0.2) is 4.99 Å². The monoisotopic (exact) mass is 363 g/mol. The van der Waals surface area contributed by atoms with Crippen LogP contribution in [0.3, 0.4) is 0 Å². The van der Waals surface area contributed by atoms with Crippen LogP contribution in [0.1, 0.15) is 37.3 Å². The Morgan fingerprint density at radius 2 is 1.90 bits per heavy atom. The standard InChI is InChI=1S/C17H18BrNOS/c1-3-11(2)12-4-7-14(8-5-12)20-16-9-6-13(18)10-15(16)17(19)21/h4-11H,3H2,1-2H3,(H2,19,21). The maximum absolute atomic E-state index is 5.91. The molecule has 0 spiro atoms. The lowest BCUT2D eigenvalue weighted by atomic mass is 9.99. The Bertz CT molecular complexity index is 640. The summed E-state index contributed by atoms with van der Waals surface area (Å²) in [5.41, 5.74) is 7.79. The Kier molecular flexibility index (Phi) is 5.37. The fraction of sp³-hybridized carbons (Fsp3) is 0.235. The minimum Gasteiger partial charge on any atom is -0.457 e. The average molecular weight is 364 g/mol. The van der Waals surface area contributed by atoms with Crippen LogP contribution < -0.4 is 10.5 Å². The zero-order valence-electron chi connectivity index (χ0n) is 12.1. The van der Waals surface area contributed by atoms with E-state index < -0.39 is 0 Å². The molecule has 2 nitrogen and oxygen atoms in total. The van der Waals surface area contributed by atoms with Gasteiger partial charge in [0.05, 0.1) is 5.56 Å². The molecule has 0 radical (unpaired) electrons. The molecule has 2 N–H and O–H groups in total. The van der Waals surface area contributed by atoms with Gasteiger partial charge in [0.1, 0.15) is 16.5 Å². The van der Waals surface area contributed by atoms with Crippen LogP contribution in [0.4, 0.5) is 0 Å². The highest BCUT2D eigenvalue weighted by atomic mass is 79.9. The molecule has 0 amide bonds. The van der Waals surface area contributed by atoms with E-state index in [2.05, 4.69) is 41.9 Å². The Labute approximate surface area is 139 Å². The van der Waals surface area contributed by atoms with Crippen molar-refractivity contribution >= 4 is 33.1 Å². The quantitative estimate of drug-likeness (QED) is 0.723. The number of hydrogen-bond donors (Lipinski definition) is 1. The smallest absolute Gasteiger partial charge is 0.137 e. The molecule has 4 heteroatoms. The molecular formula is C17H18BrNOS. The zero-order valence-corrected chi connectivity index (χ0v) is 14.5. The summed E-state index contributed by atoms with van der Waals surface area (Å²) >= 11 is 8.49. The second kappa shape index (κ2) is 7.05. The molecule has 0 heterocycles. The average Bonchev–Trinajstić information content (AvgIpc) is 2.49. The normalized spacial score (nSPS) is 12.0. The molecule has 2 aromatic carbocycles. The van der Waals surface area contributed by atoms with Gasteiger partial charge >= 0.3 is 0 Å². The SMILES string of the molecule is CCC(C)c1ccc(Oc2ccc(Br)cc2C(N)=S)cc1. The van der Waals surface area contributed by atoms with E-state index in [9.17, 15) is 0 Å². The second-order valence-corrected chi connectivity index (χ2v) is 6.34. The third kappa shape index (κ3) is 4.05. The van der Waals surface area contributed by atoms with Gasteiger partial charge in [-0.25, -0.2) is 0 Å². The van der Waals surface area contributed by atoms with Crippen LogP contribution in [0.15, 0.2) is 46.9 Å². The zero-order chi connectivity index (χ0) is 15.4. The summed E-state index contributed by atoms with van der Waals surface area (Å²) in [6, 6.07) is 13.8. The van der Waals surface area contributed by atoms with Gasteiger partial charge in [-0.05, 0) is 48.2 Å². The molecule has 0 fully saturated rings. The largest absolute Gasteiger partial charge is 0.457 e. The Hall–Kier alpha value is -1.39. The first kappa shape index (κ1) is 16.0. The van der Waals surface area contributed by atoms with Crippen LogP contribution in [0.2, 0.25) is 0 Å². The molecule has 0 aliphatic carbocycles. The van der Waals surface area contributed by atoms with Gasteiger partial charge in [0.25, 0.3) is 0 Å². The summed E-state index contributed by atoms with van der Waals surface area (Å²) in [5.74, 6) is 2.00. The molecule has 0 saturated carbocycles. The van der Waals surface area contributed by atoms with Crippen molar-refractivity contribution in [2.24, 2.45) is 5.73 Å². The van der Waals surface area contributed by atoms with Crippen molar-refractivity contribution < 1.29 is 4.74 Å². The number of benzene rings is 2. The third-order valence-electron chi connectivity index (χ3n) is 3.50. The predicted molar refractivity (Wildman–Crippen MR) is 95.3 cm³/mol. The Morgan fingerprint density at radius 1 is 1.24 bits per heavy atom. The van der Waals surface area contributed by atoms with Crippen molar-refractivity contribution in [3.05, 3.63) is 58.1 Å². The molecule has 2 rings (SSSR count). The van der Waals surface area contributed by atoms with E-state index in [0.717, 1.165) is 22.2 Å². The lowest BCUT2D eigenvalue weighted by Crippen LogP contribution is -2.10. The van der Waals surface area contributed by atoms with Gasteiger partial charge in [-0.15, -0.1) is 0 Å². The summed E-state index contributed by atoms with van der Waals surface area (Å²) in [6.45, 7) is 4.40. The third-order valence-corrected chi connectivity index (χ3v) is 4.21. The van der Waals surface area contributed by atoms with Crippen molar-refractivity contribution in [1.82, 2.24) is 0 Å². The minimum absolute atomic E-state index is 0.322. The summed E-state index contributed by atoms with van der Waals surface area (Å²) in [6.07, 6.45) is 1.12. The first-order valence-electron chi connectivity index (χ1n) is 6.88. The highest BCUT2D eigenvalue weighted by molar-refractivity contribution is 9.10. The van der Waals surface area contributed by atoms with Gasteiger partial charge in [0.2, 0.25) is 0 Å². The van der Waals surface area contributed by atoms with Crippen LogP contribution in [-0.2, 0) is 0 Å². The van der Waals surface area contributed by atoms with Crippen molar-refractivity contribution in [3.8, 4) is 11.5 Å². The Balaban J connectivity index is 2.24. The van der Waals surface area contributed by atoms with Crippen LogP contribution >= 0.6 is 28.1 Å². The fourth-order valence-corrected chi connectivity index (χ4v) is 2.53. The molecule has 0 bridgehead atoms. The van der Waals surface area contributed by atoms with Crippen LogP contribution in [0, 0.1) is 0 Å². The maximum atomic E-state index is 5.91. The number of ether oxygens (including phenoxy) is 1. The van der Waals surface area contributed by atoms with E-state index in [4.69, 9.17) is 22.7 Å². The van der Waals surface area contributed by atoms with E-state index in [1.807, 2.05) is 30.3 Å². The molecule has 0 aliphatic heterocycles. The van der Waals surface area contributed by atoms with Crippen molar-refractivity contribution in [3.63, 3.8) is 0 Å². The maximum Gasteiger partial charge on any atom is 0.137 e. The highest BCUT2D eigenvalue weighted by Crippen LogP contribution is 2.29. The molecule has 1 unspecified atom stereocenters. The minimum atomic E-state index is 0.322. The van der Waals surface area contributed by atoms with E-state index in [-0.39, 0.29) is 0 Å². The van der Waals surface area contributed by atoms with E-state index in [1.54, 1.807) is 0 Å². The number of thiocarbonyl (C=S) groups is 1. The number of rotatable bonds is 5. The highest BCUT2D eigenvalue weighted by Gasteiger charge is 2.09. The molecule has 0 aliphatic rings. The van der Waals surface area contributed by atoms with Gasteiger partial charge in [0.15, 0.2) is 0 Å². The first-order chi connectivity index (χ1) is 10.0. The predicted octanol–water partition coefficient (Wildman–Crippen LogP) is 5.39. The van der Waals surface area contributed by atoms with E-state index in [1.165, 1.54) is 5.56 Å². The van der Waals surface area contributed by atoms with Crippen molar-refractivity contribution in [1.29, 1.82) is 0 Å². The molecule has 21 heavy (non-hydrogen) atoms. The Morgan fingerprint density at radius 3 is 2.48 bits per heavy atom. The number of nitrogens with two attached hydrogens (primary N) is 1. The molecule has 110 valence electrons. The molecular weight excluding hydrogens is 346 g/mol. The lowest BCUT2D eigenvalue weighted by Gasteiger charge is -2.13. The van der Waals surface area contributed by atoms with Gasteiger partial charge < -0.3 is 10.5 Å². The number of hydrogen-bond acceptors (Lipinski definition) is 2. The van der Waals surface area contributed by atoms with Gasteiger partial charge in [-0.1, -0.05) is 54.1 Å². The molecule has 1 atom stereocenters. The summed E-state index contributed by atoms with van der Waals surface area (Å²) in [5, 5.41) is 0. The lowest BCUT2D eigenvalue weighted by molar-refractivity contribution is 0.481. The fourth-order valence-electron chi connectivity index (χ4n) is 2.01. The molecule has 0 aromatic heterocycles. The first-order valence-corrected chi connectivity index (χ1v) is 8.08. The van der Waals surface area contributed by atoms with E-state index >= 15 is 0 Å². The summed E-state index contributed by atoms with van der Waals surface area (Å²) in [7, 11) is 0. The molecule has 0 saturated heterocycles. The summed E-state index contributed by atoms with van der Waals surface area (Å²) in [4.78, 5) is 0.322. The summed E-state index contributed by atoms with van der Waals surface area (Å²) < 4.78 is 6.83. The molecule has 2 aromatic rings. The second-order valence-electron chi connectivity index (χ2n) is 4.99. The van der Waals surface area contributed by atoms with Crippen molar-refractivity contribution in [2.45, 2.75) is 26.2 Å². The van der Waals surface area contributed by atoms with Crippen molar-refractivity contribution in [2.75, 3.05) is 0 Å².